The van der Waals surface area contributed by atoms with E-state index in [1.165, 1.54) is 0 Å². The van der Waals surface area contributed by atoms with Crippen molar-refractivity contribution in [1.29, 1.82) is 0 Å². The van der Waals surface area contributed by atoms with E-state index >= 15 is 0 Å². The maximum Gasteiger partial charge on any atom is 0.203 e. The van der Waals surface area contributed by atoms with Crippen LogP contribution in [-0.2, 0) is 4.79 Å². The van der Waals surface area contributed by atoms with Crippen LogP contribution in [0.15, 0.2) is 11.3 Å². The summed E-state index contributed by atoms with van der Waals surface area (Å²) in [6.45, 7) is 5.89. The molecule has 0 heterocycles. The minimum atomic E-state index is -0.324. The van der Waals surface area contributed by atoms with Gasteiger partial charge in [0.05, 0.1) is 0 Å². The minimum absolute atomic E-state index is 0.0295. The zero-order valence-corrected chi connectivity index (χ0v) is 7.98. The fourth-order valence-corrected chi connectivity index (χ4v) is 1.66. The van der Waals surface area contributed by atoms with Crippen molar-refractivity contribution >= 4 is 5.78 Å². The molecule has 12 heavy (non-hydrogen) atoms. The minimum Gasteiger partial charge on any atom is -0.504 e. The third-order valence-corrected chi connectivity index (χ3v) is 2.91. The second-order valence-electron chi connectivity index (χ2n) is 3.73. The Kier molecular flexibility index (Phi) is 2.27. The van der Waals surface area contributed by atoms with Crippen molar-refractivity contribution in [3.05, 3.63) is 11.3 Å². The molecule has 1 rings (SSSR count). The van der Waals surface area contributed by atoms with Crippen LogP contribution < -0.4 is 0 Å². The largest absolute Gasteiger partial charge is 0.504 e. The smallest absolute Gasteiger partial charge is 0.203 e. The lowest BCUT2D eigenvalue weighted by molar-refractivity contribution is -0.125. The monoisotopic (exact) mass is 168 g/mol. The number of carbonyl (C=O) groups excluding carboxylic acids is 1. The third-order valence-electron chi connectivity index (χ3n) is 2.91. The van der Waals surface area contributed by atoms with E-state index in [-0.39, 0.29) is 17.0 Å². The van der Waals surface area contributed by atoms with Crippen LogP contribution in [0.2, 0.25) is 0 Å². The molecule has 1 aliphatic carbocycles. The summed E-state index contributed by atoms with van der Waals surface area (Å²) in [7, 11) is 0. The molecule has 0 saturated heterocycles. The van der Waals surface area contributed by atoms with Crippen LogP contribution in [0.25, 0.3) is 0 Å². The van der Waals surface area contributed by atoms with Crippen molar-refractivity contribution in [2.45, 2.75) is 40.0 Å². The molecule has 1 atom stereocenters. The number of hydrogen-bond donors (Lipinski definition) is 1. The number of aliphatic hydroxyl groups excluding tert-OH is 1. The SMILES string of the molecule is CCC1=C(O)C(=O)C(C)(CC)C1. The molecule has 0 bridgehead atoms. The Bertz CT molecular complexity index is 240. The van der Waals surface area contributed by atoms with E-state index in [1.54, 1.807) is 0 Å². The Hall–Kier alpha value is -0.790. The summed E-state index contributed by atoms with van der Waals surface area (Å²) in [6.07, 6.45) is 2.33. The quantitative estimate of drug-likeness (QED) is 0.688. The van der Waals surface area contributed by atoms with Crippen molar-refractivity contribution in [1.82, 2.24) is 0 Å². The average molecular weight is 168 g/mol. The Morgan fingerprint density at radius 1 is 1.50 bits per heavy atom. The first-order valence-electron chi connectivity index (χ1n) is 4.51. The predicted octanol–water partition coefficient (Wildman–Crippen LogP) is 2.60. The number of hydrogen-bond acceptors (Lipinski definition) is 2. The van der Waals surface area contributed by atoms with Gasteiger partial charge in [-0.1, -0.05) is 20.8 Å². The second-order valence-corrected chi connectivity index (χ2v) is 3.73. The first-order chi connectivity index (χ1) is 5.55. The van der Waals surface area contributed by atoms with E-state index < -0.39 is 0 Å². The van der Waals surface area contributed by atoms with Crippen LogP contribution in [0.1, 0.15) is 40.0 Å². The molecular formula is C10H16O2. The lowest BCUT2D eigenvalue weighted by Crippen LogP contribution is -2.22. The van der Waals surface area contributed by atoms with E-state index in [0.29, 0.717) is 0 Å². The van der Waals surface area contributed by atoms with Gasteiger partial charge < -0.3 is 5.11 Å². The van der Waals surface area contributed by atoms with Gasteiger partial charge >= 0.3 is 0 Å². The highest BCUT2D eigenvalue weighted by atomic mass is 16.3. The van der Waals surface area contributed by atoms with Crippen LogP contribution >= 0.6 is 0 Å². The Labute approximate surface area is 73.3 Å². The summed E-state index contributed by atoms with van der Waals surface area (Å²) in [4.78, 5) is 11.5. The van der Waals surface area contributed by atoms with E-state index in [4.69, 9.17) is 0 Å². The fourth-order valence-electron chi connectivity index (χ4n) is 1.66. The summed E-state index contributed by atoms with van der Waals surface area (Å²) in [5.74, 6) is -0.0382. The van der Waals surface area contributed by atoms with Crippen molar-refractivity contribution in [2.75, 3.05) is 0 Å². The van der Waals surface area contributed by atoms with E-state index in [9.17, 15) is 9.90 Å². The number of carbonyl (C=O) groups is 1. The van der Waals surface area contributed by atoms with Crippen molar-refractivity contribution < 1.29 is 9.90 Å². The number of allylic oxidation sites excluding steroid dienone is 2. The molecule has 0 radical (unpaired) electrons. The van der Waals surface area contributed by atoms with Gasteiger partial charge in [-0.3, -0.25) is 4.79 Å². The van der Waals surface area contributed by atoms with Crippen molar-refractivity contribution in [2.24, 2.45) is 5.41 Å². The molecule has 2 nitrogen and oxygen atoms in total. The summed E-state index contributed by atoms with van der Waals surface area (Å²) in [5.41, 5.74) is 0.597. The van der Waals surface area contributed by atoms with Crippen LogP contribution in [0.4, 0.5) is 0 Å². The molecule has 1 aliphatic rings. The van der Waals surface area contributed by atoms with Gasteiger partial charge in [0.1, 0.15) is 0 Å². The predicted molar refractivity (Wildman–Crippen MR) is 48.0 cm³/mol. The Morgan fingerprint density at radius 2 is 2.08 bits per heavy atom. The number of ketones is 1. The highest BCUT2D eigenvalue weighted by Crippen LogP contribution is 2.41. The van der Waals surface area contributed by atoms with Gasteiger partial charge in [-0.25, -0.2) is 0 Å². The highest BCUT2D eigenvalue weighted by molar-refractivity contribution is 6.01. The third kappa shape index (κ3) is 1.15. The van der Waals surface area contributed by atoms with Gasteiger partial charge in [0, 0.05) is 5.41 Å². The first kappa shape index (κ1) is 9.30. The maximum atomic E-state index is 11.5. The van der Waals surface area contributed by atoms with Crippen molar-refractivity contribution in [3.63, 3.8) is 0 Å². The molecule has 0 spiro atoms. The summed E-state index contributed by atoms with van der Waals surface area (Å²) in [5, 5.41) is 9.45. The lowest BCUT2D eigenvalue weighted by Gasteiger charge is -2.19. The van der Waals surface area contributed by atoms with Gasteiger partial charge in [0.2, 0.25) is 5.78 Å². The maximum absolute atomic E-state index is 11.5. The second kappa shape index (κ2) is 2.92. The van der Waals surface area contributed by atoms with Gasteiger partial charge in [-0.2, -0.15) is 0 Å². The molecule has 0 aromatic heterocycles. The molecule has 0 fully saturated rings. The number of rotatable bonds is 2. The van der Waals surface area contributed by atoms with Crippen LogP contribution in [-0.4, -0.2) is 10.9 Å². The van der Waals surface area contributed by atoms with Gasteiger partial charge in [-0.15, -0.1) is 0 Å². The average Bonchev–Trinajstić information content (AvgIpc) is 2.31. The highest BCUT2D eigenvalue weighted by Gasteiger charge is 2.41. The summed E-state index contributed by atoms with van der Waals surface area (Å²) in [6, 6.07) is 0. The van der Waals surface area contributed by atoms with Crippen LogP contribution in [0, 0.1) is 5.41 Å². The molecule has 0 amide bonds. The fraction of sp³-hybridized carbons (Fsp3) is 0.700. The van der Waals surface area contributed by atoms with Gasteiger partial charge in [-0.05, 0) is 24.8 Å². The molecular weight excluding hydrogens is 152 g/mol. The Balaban J connectivity index is 2.94. The summed E-state index contributed by atoms with van der Waals surface area (Å²) < 4.78 is 0. The van der Waals surface area contributed by atoms with Crippen LogP contribution in [0.5, 0.6) is 0 Å². The lowest BCUT2D eigenvalue weighted by atomic mass is 9.83. The standard InChI is InChI=1S/C10H16O2/c1-4-7-6-10(3,5-2)9(12)8(7)11/h11H,4-6H2,1-3H3. The van der Waals surface area contributed by atoms with E-state index in [0.717, 1.165) is 24.8 Å². The molecule has 1 unspecified atom stereocenters. The first-order valence-corrected chi connectivity index (χ1v) is 4.51. The van der Waals surface area contributed by atoms with E-state index in [2.05, 4.69) is 0 Å². The molecule has 0 aromatic rings. The summed E-state index contributed by atoms with van der Waals surface area (Å²) >= 11 is 0. The zero-order chi connectivity index (χ0) is 9.35. The van der Waals surface area contributed by atoms with Gasteiger partial charge in [0.25, 0.3) is 0 Å². The number of Topliss-reactive ketones (excluding diaryl/α,β-unsaturated/α-hetero) is 1. The zero-order valence-electron chi connectivity index (χ0n) is 7.98. The van der Waals surface area contributed by atoms with Gasteiger partial charge in [0.15, 0.2) is 5.76 Å². The van der Waals surface area contributed by atoms with Crippen molar-refractivity contribution in [3.8, 4) is 0 Å². The molecule has 0 aromatic carbocycles. The number of aliphatic hydroxyl groups is 1. The topological polar surface area (TPSA) is 37.3 Å². The Morgan fingerprint density at radius 3 is 2.33 bits per heavy atom. The molecule has 0 aliphatic heterocycles. The van der Waals surface area contributed by atoms with E-state index in [1.807, 2.05) is 20.8 Å². The molecule has 2 heteroatoms. The molecule has 0 saturated carbocycles. The molecule has 1 N–H and O–H groups in total. The van der Waals surface area contributed by atoms with Crippen LogP contribution in [0.3, 0.4) is 0 Å². The normalized spacial score (nSPS) is 30.1. The molecule has 68 valence electrons.